The molecular weight excluding hydrogens is 316 g/mol. The van der Waals surface area contributed by atoms with Crippen LogP contribution in [0.2, 0.25) is 0 Å². The van der Waals surface area contributed by atoms with Crippen molar-refractivity contribution in [2.45, 2.75) is 44.7 Å². The SMILES string of the molecule is CCC(N)Cc1ccc(N(C)C2CCOCC2)cc1Br. The summed E-state index contributed by atoms with van der Waals surface area (Å²) in [6, 6.07) is 7.44. The molecule has 3 nitrogen and oxygen atoms in total. The first-order valence-corrected chi connectivity index (χ1v) is 8.25. The van der Waals surface area contributed by atoms with Crippen molar-refractivity contribution in [3.05, 3.63) is 28.2 Å². The number of ether oxygens (including phenoxy) is 1. The molecule has 20 heavy (non-hydrogen) atoms. The van der Waals surface area contributed by atoms with Crippen molar-refractivity contribution in [2.24, 2.45) is 5.73 Å². The molecule has 4 heteroatoms. The van der Waals surface area contributed by atoms with Gasteiger partial charge >= 0.3 is 0 Å². The van der Waals surface area contributed by atoms with Crippen LogP contribution in [0.1, 0.15) is 31.7 Å². The minimum atomic E-state index is 0.241. The zero-order valence-electron chi connectivity index (χ0n) is 12.4. The molecule has 0 aliphatic carbocycles. The van der Waals surface area contributed by atoms with Gasteiger partial charge in [0.1, 0.15) is 0 Å². The fourth-order valence-electron chi connectivity index (χ4n) is 2.63. The topological polar surface area (TPSA) is 38.5 Å². The smallest absolute Gasteiger partial charge is 0.0485 e. The fraction of sp³-hybridized carbons (Fsp3) is 0.625. The summed E-state index contributed by atoms with van der Waals surface area (Å²) >= 11 is 3.69. The van der Waals surface area contributed by atoms with Gasteiger partial charge in [0.15, 0.2) is 0 Å². The lowest BCUT2D eigenvalue weighted by molar-refractivity contribution is 0.0855. The summed E-state index contributed by atoms with van der Waals surface area (Å²) < 4.78 is 6.60. The van der Waals surface area contributed by atoms with E-state index in [0.717, 1.165) is 43.4 Å². The van der Waals surface area contributed by atoms with E-state index in [0.29, 0.717) is 6.04 Å². The summed E-state index contributed by atoms with van der Waals surface area (Å²) in [7, 11) is 2.18. The number of nitrogens with zero attached hydrogens (tertiary/aromatic N) is 1. The molecule has 1 aliphatic rings. The largest absolute Gasteiger partial charge is 0.381 e. The summed E-state index contributed by atoms with van der Waals surface area (Å²) in [6.07, 6.45) is 4.15. The number of rotatable bonds is 5. The normalized spacial score (nSPS) is 18.0. The maximum absolute atomic E-state index is 6.04. The lowest BCUT2D eigenvalue weighted by Crippen LogP contribution is -2.36. The lowest BCUT2D eigenvalue weighted by Gasteiger charge is -2.33. The van der Waals surface area contributed by atoms with E-state index in [2.05, 4.69) is 53.0 Å². The first-order chi connectivity index (χ1) is 9.61. The average molecular weight is 341 g/mol. The molecule has 1 heterocycles. The van der Waals surface area contributed by atoms with Crippen molar-refractivity contribution in [3.8, 4) is 0 Å². The summed E-state index contributed by atoms with van der Waals surface area (Å²) in [6.45, 7) is 3.88. The Morgan fingerprint density at radius 3 is 2.70 bits per heavy atom. The highest BCUT2D eigenvalue weighted by Gasteiger charge is 2.19. The van der Waals surface area contributed by atoms with Crippen LogP contribution < -0.4 is 10.6 Å². The van der Waals surface area contributed by atoms with Crippen molar-refractivity contribution in [2.75, 3.05) is 25.2 Å². The second kappa shape index (κ2) is 7.43. The van der Waals surface area contributed by atoms with E-state index in [-0.39, 0.29) is 6.04 Å². The number of benzene rings is 1. The minimum absolute atomic E-state index is 0.241. The molecule has 0 spiro atoms. The van der Waals surface area contributed by atoms with E-state index in [1.165, 1.54) is 11.3 Å². The minimum Gasteiger partial charge on any atom is -0.381 e. The van der Waals surface area contributed by atoms with Crippen molar-refractivity contribution >= 4 is 21.6 Å². The Bertz CT molecular complexity index is 432. The Labute approximate surface area is 130 Å². The van der Waals surface area contributed by atoms with Crippen LogP contribution in [-0.4, -0.2) is 32.3 Å². The Balaban J connectivity index is 2.07. The monoisotopic (exact) mass is 340 g/mol. The van der Waals surface area contributed by atoms with Crippen LogP contribution in [0.5, 0.6) is 0 Å². The molecule has 0 amide bonds. The molecule has 1 aromatic carbocycles. The van der Waals surface area contributed by atoms with Gasteiger partial charge in [-0.25, -0.2) is 0 Å². The molecule has 112 valence electrons. The van der Waals surface area contributed by atoms with Crippen LogP contribution in [0.25, 0.3) is 0 Å². The summed E-state index contributed by atoms with van der Waals surface area (Å²) in [4.78, 5) is 2.37. The third kappa shape index (κ3) is 3.96. The first-order valence-electron chi connectivity index (χ1n) is 7.46. The Hall–Kier alpha value is -0.580. The molecule has 0 aromatic heterocycles. The number of hydrogen-bond acceptors (Lipinski definition) is 3. The molecule has 1 atom stereocenters. The highest BCUT2D eigenvalue weighted by Crippen LogP contribution is 2.27. The molecule has 0 radical (unpaired) electrons. The van der Waals surface area contributed by atoms with Crippen LogP contribution >= 0.6 is 15.9 Å². The average Bonchev–Trinajstić information content (AvgIpc) is 2.49. The van der Waals surface area contributed by atoms with E-state index in [4.69, 9.17) is 10.5 Å². The van der Waals surface area contributed by atoms with Crippen LogP contribution in [0.3, 0.4) is 0 Å². The summed E-state index contributed by atoms with van der Waals surface area (Å²) in [5.74, 6) is 0. The Kier molecular flexibility index (Phi) is 5.87. The number of nitrogens with two attached hydrogens (primary N) is 1. The van der Waals surface area contributed by atoms with Gasteiger partial charge in [-0.1, -0.05) is 28.9 Å². The molecule has 1 aliphatic heterocycles. The van der Waals surface area contributed by atoms with Crippen molar-refractivity contribution < 1.29 is 4.74 Å². The number of anilines is 1. The van der Waals surface area contributed by atoms with Gasteiger partial charge in [-0.2, -0.15) is 0 Å². The molecule has 2 N–H and O–H groups in total. The van der Waals surface area contributed by atoms with Gasteiger partial charge in [-0.3, -0.25) is 0 Å². The quantitative estimate of drug-likeness (QED) is 0.893. The van der Waals surface area contributed by atoms with E-state index in [1.807, 2.05) is 0 Å². The predicted octanol–water partition coefficient (Wildman–Crippen LogP) is 3.34. The third-order valence-electron chi connectivity index (χ3n) is 4.19. The Morgan fingerprint density at radius 2 is 2.10 bits per heavy atom. The highest BCUT2D eigenvalue weighted by atomic mass is 79.9. The molecule has 1 saturated heterocycles. The zero-order chi connectivity index (χ0) is 14.5. The maximum atomic E-state index is 6.04. The standard InChI is InChI=1S/C16H25BrN2O/c1-3-13(18)10-12-4-5-15(11-16(12)17)19(2)14-6-8-20-9-7-14/h4-5,11,13-14H,3,6-10,18H2,1-2H3. The van der Waals surface area contributed by atoms with E-state index < -0.39 is 0 Å². The second-order valence-electron chi connectivity index (χ2n) is 5.60. The Morgan fingerprint density at radius 1 is 1.40 bits per heavy atom. The van der Waals surface area contributed by atoms with Crippen LogP contribution in [0.15, 0.2) is 22.7 Å². The van der Waals surface area contributed by atoms with Crippen molar-refractivity contribution in [1.82, 2.24) is 0 Å². The first kappa shape index (κ1) is 15.8. The van der Waals surface area contributed by atoms with Gasteiger partial charge in [0.05, 0.1) is 0 Å². The number of halogens is 1. The molecule has 2 rings (SSSR count). The molecular formula is C16H25BrN2O. The van der Waals surface area contributed by atoms with Gasteiger partial charge in [-0.15, -0.1) is 0 Å². The second-order valence-corrected chi connectivity index (χ2v) is 6.46. The highest BCUT2D eigenvalue weighted by molar-refractivity contribution is 9.10. The zero-order valence-corrected chi connectivity index (χ0v) is 14.0. The van der Waals surface area contributed by atoms with Crippen molar-refractivity contribution in [1.29, 1.82) is 0 Å². The van der Waals surface area contributed by atoms with Gasteiger partial charge in [-0.05, 0) is 43.4 Å². The van der Waals surface area contributed by atoms with Crippen LogP contribution in [0.4, 0.5) is 5.69 Å². The third-order valence-corrected chi connectivity index (χ3v) is 4.93. The molecule has 0 bridgehead atoms. The lowest BCUT2D eigenvalue weighted by atomic mass is 10.0. The molecule has 1 fully saturated rings. The van der Waals surface area contributed by atoms with Gasteiger partial charge in [0.2, 0.25) is 0 Å². The van der Waals surface area contributed by atoms with Gasteiger partial charge < -0.3 is 15.4 Å². The van der Waals surface area contributed by atoms with E-state index in [9.17, 15) is 0 Å². The van der Waals surface area contributed by atoms with Crippen LogP contribution in [-0.2, 0) is 11.2 Å². The summed E-state index contributed by atoms with van der Waals surface area (Å²) in [5.41, 5.74) is 8.60. The summed E-state index contributed by atoms with van der Waals surface area (Å²) in [5, 5.41) is 0. The predicted molar refractivity (Wildman–Crippen MR) is 88.4 cm³/mol. The molecule has 1 aromatic rings. The number of hydrogen-bond donors (Lipinski definition) is 1. The maximum Gasteiger partial charge on any atom is 0.0485 e. The van der Waals surface area contributed by atoms with E-state index in [1.54, 1.807) is 0 Å². The van der Waals surface area contributed by atoms with Gasteiger partial charge in [0, 0.05) is 42.5 Å². The van der Waals surface area contributed by atoms with Crippen LogP contribution in [0, 0.1) is 0 Å². The van der Waals surface area contributed by atoms with Gasteiger partial charge in [0.25, 0.3) is 0 Å². The molecule has 1 unspecified atom stereocenters. The van der Waals surface area contributed by atoms with Crippen molar-refractivity contribution in [3.63, 3.8) is 0 Å². The van der Waals surface area contributed by atoms with E-state index >= 15 is 0 Å². The molecule has 0 saturated carbocycles. The fourth-order valence-corrected chi connectivity index (χ4v) is 3.16.